The van der Waals surface area contributed by atoms with Crippen molar-refractivity contribution in [2.75, 3.05) is 20.3 Å². The minimum atomic E-state index is -4.46. The third kappa shape index (κ3) is 5.90. The van der Waals surface area contributed by atoms with Crippen molar-refractivity contribution < 1.29 is 31.1 Å². The molecular weight excluding hydrogens is 395 g/mol. The first-order chi connectivity index (χ1) is 13.1. The quantitative estimate of drug-likeness (QED) is 0.738. The lowest BCUT2D eigenvalue weighted by molar-refractivity contribution is -0.137. The van der Waals surface area contributed by atoms with Crippen molar-refractivity contribution >= 4 is 10.0 Å². The Hall–Kier alpha value is -2.70. The average Bonchev–Trinajstić information content (AvgIpc) is 2.64. The van der Waals surface area contributed by atoms with Gasteiger partial charge in [-0.2, -0.15) is 17.9 Å². The maximum absolute atomic E-state index is 12.6. The van der Waals surface area contributed by atoms with Crippen molar-refractivity contribution in [2.24, 2.45) is 0 Å². The predicted octanol–water partition coefficient (Wildman–Crippen LogP) is 3.38. The highest BCUT2D eigenvalue weighted by atomic mass is 32.2. The van der Waals surface area contributed by atoms with Crippen LogP contribution in [0.4, 0.5) is 13.2 Å². The van der Waals surface area contributed by atoms with Crippen molar-refractivity contribution in [1.29, 1.82) is 0 Å². The normalized spacial score (nSPS) is 11.5. The molecule has 28 heavy (non-hydrogen) atoms. The first-order valence-corrected chi connectivity index (χ1v) is 9.52. The van der Waals surface area contributed by atoms with Crippen molar-refractivity contribution in [3.63, 3.8) is 0 Å². The highest BCUT2D eigenvalue weighted by molar-refractivity contribution is 7.89. The zero-order valence-corrected chi connectivity index (χ0v) is 15.9. The van der Waals surface area contributed by atoms with E-state index in [1.165, 1.54) is 25.3 Å². The molecule has 0 radical (unpaired) electrons. The monoisotopic (exact) mass is 413 g/mol. The van der Waals surface area contributed by atoms with E-state index in [1.54, 1.807) is 19.1 Å². The van der Waals surface area contributed by atoms with Gasteiger partial charge in [0.05, 0.1) is 19.2 Å². The molecule has 0 heterocycles. The fourth-order valence-electron chi connectivity index (χ4n) is 2.20. The van der Waals surface area contributed by atoms with Crippen LogP contribution < -0.4 is 14.2 Å². The summed E-state index contributed by atoms with van der Waals surface area (Å²) in [6, 6.07) is 9.17. The van der Waals surface area contributed by atoms with Gasteiger partial charge >= 0.3 is 6.18 Å². The number of aryl methyl sites for hydroxylation is 1. The van der Waals surface area contributed by atoms with Gasteiger partial charge in [-0.15, -0.1) is 0 Å². The lowest BCUT2D eigenvalue weighted by Gasteiger charge is -2.10. The van der Waals surface area contributed by atoms with Crippen LogP contribution in [0.15, 0.2) is 47.4 Å². The Bertz CT molecular complexity index is 992. The second kappa shape index (κ2) is 8.99. The van der Waals surface area contributed by atoms with E-state index in [4.69, 9.17) is 9.47 Å². The molecule has 2 aromatic rings. The summed E-state index contributed by atoms with van der Waals surface area (Å²) in [6.45, 7) is 1.38. The van der Waals surface area contributed by atoms with E-state index < -0.39 is 21.8 Å². The SMILES string of the molecule is COc1ccc(C)cc1S(=O)(=O)NCC#CCOc1cccc(C(F)(F)F)c1. The molecule has 0 unspecified atom stereocenters. The third-order valence-electron chi connectivity index (χ3n) is 3.56. The minimum Gasteiger partial charge on any atom is -0.495 e. The number of ether oxygens (including phenoxy) is 2. The third-order valence-corrected chi connectivity index (χ3v) is 4.98. The van der Waals surface area contributed by atoms with E-state index in [-0.39, 0.29) is 29.5 Å². The summed E-state index contributed by atoms with van der Waals surface area (Å²) in [4.78, 5) is -0.00276. The van der Waals surface area contributed by atoms with Crippen LogP contribution in [0, 0.1) is 18.8 Å². The molecule has 0 fully saturated rings. The number of hydrogen-bond donors (Lipinski definition) is 1. The second-order valence-electron chi connectivity index (χ2n) is 5.65. The van der Waals surface area contributed by atoms with E-state index in [0.717, 1.165) is 17.7 Å². The molecule has 5 nitrogen and oxygen atoms in total. The zero-order chi connectivity index (χ0) is 20.8. The van der Waals surface area contributed by atoms with E-state index in [9.17, 15) is 21.6 Å². The summed E-state index contributed by atoms with van der Waals surface area (Å²) in [5.41, 5.74) is -0.0698. The Balaban J connectivity index is 1.93. The molecule has 1 N–H and O–H groups in total. The van der Waals surface area contributed by atoms with Gasteiger partial charge in [0, 0.05) is 0 Å². The molecule has 0 amide bonds. The molecule has 0 bridgehead atoms. The number of alkyl halides is 3. The number of methoxy groups -OCH3 is 1. The highest BCUT2D eigenvalue weighted by Gasteiger charge is 2.30. The van der Waals surface area contributed by atoms with E-state index >= 15 is 0 Å². The summed E-state index contributed by atoms with van der Waals surface area (Å²) >= 11 is 0. The molecular formula is C19H18F3NO4S. The van der Waals surface area contributed by atoms with Crippen molar-refractivity contribution in [2.45, 2.75) is 18.0 Å². The van der Waals surface area contributed by atoms with E-state index in [2.05, 4.69) is 16.6 Å². The Morgan fingerprint density at radius 2 is 1.86 bits per heavy atom. The first-order valence-electron chi connectivity index (χ1n) is 8.03. The van der Waals surface area contributed by atoms with Gasteiger partial charge in [0.1, 0.15) is 23.0 Å². The smallest absolute Gasteiger partial charge is 0.416 e. The van der Waals surface area contributed by atoms with Gasteiger partial charge in [-0.3, -0.25) is 0 Å². The molecule has 0 saturated carbocycles. The number of sulfonamides is 1. The lowest BCUT2D eigenvalue weighted by Crippen LogP contribution is -2.24. The molecule has 2 aromatic carbocycles. The van der Waals surface area contributed by atoms with Crippen LogP contribution in [0.1, 0.15) is 11.1 Å². The molecule has 0 aliphatic rings. The van der Waals surface area contributed by atoms with Gasteiger partial charge in [-0.1, -0.05) is 24.0 Å². The lowest BCUT2D eigenvalue weighted by atomic mass is 10.2. The molecule has 0 saturated heterocycles. The Labute approximate surface area is 161 Å². The van der Waals surface area contributed by atoms with Crippen LogP contribution in [-0.4, -0.2) is 28.7 Å². The van der Waals surface area contributed by atoms with Gasteiger partial charge in [-0.05, 0) is 42.8 Å². The van der Waals surface area contributed by atoms with Crippen LogP contribution in [-0.2, 0) is 16.2 Å². The fourth-order valence-corrected chi connectivity index (χ4v) is 3.37. The molecule has 150 valence electrons. The van der Waals surface area contributed by atoms with Crippen molar-refractivity contribution in [1.82, 2.24) is 4.72 Å². The summed E-state index contributed by atoms with van der Waals surface area (Å²) in [5.74, 6) is 5.32. The van der Waals surface area contributed by atoms with Crippen LogP contribution in [0.25, 0.3) is 0 Å². The van der Waals surface area contributed by atoms with Gasteiger partial charge in [0.2, 0.25) is 10.0 Å². The number of rotatable bonds is 6. The molecule has 0 aliphatic heterocycles. The fraction of sp³-hybridized carbons (Fsp3) is 0.263. The second-order valence-corrected chi connectivity index (χ2v) is 7.38. The first kappa shape index (κ1) is 21.6. The summed E-state index contributed by atoms with van der Waals surface area (Å²) in [6.07, 6.45) is -4.46. The van der Waals surface area contributed by atoms with E-state index in [1.807, 2.05) is 0 Å². The standard InChI is InChI=1S/C19H18F3NO4S/c1-14-8-9-17(26-2)18(12-14)28(24,25)23-10-3-4-11-27-16-7-5-6-15(13-16)19(20,21)22/h5-9,12-13,23H,10-11H2,1-2H3. The minimum absolute atomic E-state index is 0.00276. The van der Waals surface area contributed by atoms with E-state index in [0.29, 0.717) is 0 Å². The van der Waals surface area contributed by atoms with Crippen molar-refractivity contribution in [3.8, 4) is 23.3 Å². The maximum Gasteiger partial charge on any atom is 0.416 e. The maximum atomic E-state index is 12.6. The molecule has 2 rings (SSSR count). The molecule has 0 atom stereocenters. The summed E-state index contributed by atoms with van der Waals surface area (Å²) in [5, 5.41) is 0. The van der Waals surface area contributed by atoms with Crippen LogP contribution in [0.5, 0.6) is 11.5 Å². The Morgan fingerprint density at radius 1 is 1.11 bits per heavy atom. The Morgan fingerprint density at radius 3 is 2.54 bits per heavy atom. The molecule has 0 aromatic heterocycles. The Kier molecular flexibility index (Phi) is 6.94. The highest BCUT2D eigenvalue weighted by Crippen LogP contribution is 2.31. The summed E-state index contributed by atoms with van der Waals surface area (Å²) in [7, 11) is -2.46. The zero-order valence-electron chi connectivity index (χ0n) is 15.1. The van der Waals surface area contributed by atoms with Gasteiger partial charge in [0.25, 0.3) is 0 Å². The van der Waals surface area contributed by atoms with Crippen LogP contribution in [0.2, 0.25) is 0 Å². The van der Waals surface area contributed by atoms with Crippen molar-refractivity contribution in [3.05, 3.63) is 53.6 Å². The predicted molar refractivity (Wildman–Crippen MR) is 97.6 cm³/mol. The van der Waals surface area contributed by atoms with Gasteiger partial charge in [0.15, 0.2) is 0 Å². The number of halogens is 3. The number of benzene rings is 2. The summed E-state index contributed by atoms with van der Waals surface area (Å²) < 4.78 is 75.1. The van der Waals surface area contributed by atoms with Gasteiger partial charge in [-0.25, -0.2) is 8.42 Å². The average molecular weight is 413 g/mol. The number of hydrogen-bond acceptors (Lipinski definition) is 4. The van der Waals surface area contributed by atoms with Gasteiger partial charge < -0.3 is 9.47 Å². The van der Waals surface area contributed by atoms with Crippen LogP contribution in [0.3, 0.4) is 0 Å². The van der Waals surface area contributed by atoms with Crippen LogP contribution >= 0.6 is 0 Å². The largest absolute Gasteiger partial charge is 0.495 e. The molecule has 0 spiro atoms. The number of nitrogens with one attached hydrogen (secondary N) is 1. The topological polar surface area (TPSA) is 64.6 Å². The molecule has 9 heteroatoms. The molecule has 0 aliphatic carbocycles.